The molecule has 0 aliphatic heterocycles. The van der Waals surface area contributed by atoms with Gasteiger partial charge in [0.1, 0.15) is 6.10 Å². The molecule has 3 atom stereocenters. The number of carbonyl (C=O) groups excluding carboxylic acids is 3. The number of benzene rings is 2. The molecule has 4 nitrogen and oxygen atoms in total. The largest absolute Gasteiger partial charge is 0.458 e. The third kappa shape index (κ3) is 2.18. The molecule has 4 rings (SSSR count). The number of carbonyl (C=O) groups is 3. The van der Waals surface area contributed by atoms with E-state index in [4.69, 9.17) is 4.74 Å². The number of fused-ring (bicyclic) bond motifs is 3. The van der Waals surface area contributed by atoms with Crippen molar-refractivity contribution in [1.29, 1.82) is 0 Å². The second-order valence-electron chi connectivity index (χ2n) is 6.34. The maximum Gasteiger partial charge on any atom is 0.303 e. The Kier molecular flexibility index (Phi) is 3.34. The fourth-order valence-corrected chi connectivity index (χ4v) is 3.79. The zero-order valence-corrected chi connectivity index (χ0v) is 13.2. The molecular formula is C20H16O4. The van der Waals surface area contributed by atoms with Crippen molar-refractivity contribution in [3.05, 3.63) is 59.7 Å². The van der Waals surface area contributed by atoms with Gasteiger partial charge in [-0.05, 0) is 35.4 Å². The highest BCUT2D eigenvalue weighted by atomic mass is 16.5. The van der Waals surface area contributed by atoms with Crippen LogP contribution in [-0.4, -0.2) is 23.6 Å². The quantitative estimate of drug-likeness (QED) is 0.597. The Bertz CT molecular complexity index is 909. The first-order chi connectivity index (χ1) is 11.6. The maximum atomic E-state index is 13.1. The van der Waals surface area contributed by atoms with E-state index in [9.17, 15) is 14.4 Å². The minimum atomic E-state index is -0.669. The minimum Gasteiger partial charge on any atom is -0.458 e. The molecule has 2 aliphatic carbocycles. The predicted molar refractivity (Wildman–Crippen MR) is 88.9 cm³/mol. The van der Waals surface area contributed by atoms with Crippen molar-refractivity contribution >= 4 is 28.3 Å². The summed E-state index contributed by atoms with van der Waals surface area (Å²) in [6.45, 7) is 1.31. The number of ether oxygens (including phenoxy) is 1. The van der Waals surface area contributed by atoms with E-state index in [-0.39, 0.29) is 11.6 Å². The van der Waals surface area contributed by atoms with Crippen molar-refractivity contribution in [3.63, 3.8) is 0 Å². The summed E-state index contributed by atoms with van der Waals surface area (Å²) in [4.78, 5) is 37.3. The summed E-state index contributed by atoms with van der Waals surface area (Å²) in [6.07, 6.45) is 3.38. The van der Waals surface area contributed by atoms with Crippen LogP contribution in [0.1, 0.15) is 34.1 Å². The molecule has 2 aromatic rings. The van der Waals surface area contributed by atoms with Crippen LogP contribution < -0.4 is 0 Å². The number of esters is 1. The number of rotatable bonds is 1. The lowest BCUT2D eigenvalue weighted by molar-refractivity contribution is -0.146. The first-order valence-electron chi connectivity index (χ1n) is 8.01. The zero-order valence-electron chi connectivity index (χ0n) is 13.2. The standard InChI is InChI=1S/C20H16O4/c1-11(21)24-17-8-4-7-14-18(17)20(23)16-10-13-6-3-2-5-12(13)9-15(16)19(14)22/h2-6,8-10,14,17-18H,7H2,1H3. The Balaban J connectivity index is 1.86. The lowest BCUT2D eigenvalue weighted by atomic mass is 9.68. The highest BCUT2D eigenvalue weighted by Crippen LogP contribution is 2.39. The Morgan fingerprint density at radius 2 is 1.67 bits per heavy atom. The molecular weight excluding hydrogens is 304 g/mol. The van der Waals surface area contributed by atoms with Gasteiger partial charge < -0.3 is 4.74 Å². The zero-order chi connectivity index (χ0) is 16.8. The predicted octanol–water partition coefficient (Wildman–Crippen LogP) is 3.34. The van der Waals surface area contributed by atoms with Crippen LogP contribution in [0.2, 0.25) is 0 Å². The van der Waals surface area contributed by atoms with E-state index in [1.54, 1.807) is 18.2 Å². The Labute approximate surface area is 139 Å². The van der Waals surface area contributed by atoms with Gasteiger partial charge in [0, 0.05) is 24.0 Å². The summed E-state index contributed by atoms with van der Waals surface area (Å²) < 4.78 is 5.28. The number of hydrogen-bond donors (Lipinski definition) is 0. The molecule has 0 bridgehead atoms. The Morgan fingerprint density at radius 3 is 2.29 bits per heavy atom. The molecule has 0 fully saturated rings. The number of allylic oxidation sites excluding steroid dienone is 1. The molecule has 0 radical (unpaired) electrons. The Morgan fingerprint density at radius 1 is 1.04 bits per heavy atom. The second-order valence-corrected chi connectivity index (χ2v) is 6.34. The third-order valence-corrected chi connectivity index (χ3v) is 4.86. The van der Waals surface area contributed by atoms with Crippen LogP contribution in [0.3, 0.4) is 0 Å². The molecule has 0 saturated carbocycles. The van der Waals surface area contributed by atoms with Gasteiger partial charge in [-0.2, -0.15) is 0 Å². The monoisotopic (exact) mass is 320 g/mol. The van der Waals surface area contributed by atoms with Gasteiger partial charge in [0.2, 0.25) is 0 Å². The van der Waals surface area contributed by atoms with Crippen molar-refractivity contribution in [3.8, 4) is 0 Å². The molecule has 120 valence electrons. The van der Waals surface area contributed by atoms with Gasteiger partial charge in [-0.3, -0.25) is 14.4 Å². The molecule has 0 heterocycles. The fourth-order valence-electron chi connectivity index (χ4n) is 3.79. The van der Waals surface area contributed by atoms with Crippen molar-refractivity contribution < 1.29 is 19.1 Å². The molecule has 0 saturated heterocycles. The molecule has 0 amide bonds. The van der Waals surface area contributed by atoms with Gasteiger partial charge in [-0.1, -0.05) is 30.3 Å². The molecule has 2 aromatic carbocycles. The van der Waals surface area contributed by atoms with Gasteiger partial charge in [0.15, 0.2) is 11.6 Å². The summed E-state index contributed by atoms with van der Waals surface area (Å²) in [5.41, 5.74) is 0.921. The highest BCUT2D eigenvalue weighted by molar-refractivity contribution is 6.18. The van der Waals surface area contributed by atoms with Crippen molar-refractivity contribution in [2.45, 2.75) is 19.4 Å². The van der Waals surface area contributed by atoms with E-state index in [0.717, 1.165) is 10.8 Å². The van der Waals surface area contributed by atoms with Crippen LogP contribution in [0.5, 0.6) is 0 Å². The van der Waals surface area contributed by atoms with E-state index < -0.39 is 23.9 Å². The van der Waals surface area contributed by atoms with E-state index >= 15 is 0 Å². The maximum absolute atomic E-state index is 13.1. The van der Waals surface area contributed by atoms with Crippen molar-refractivity contribution in [2.24, 2.45) is 11.8 Å². The normalized spacial score (nSPS) is 25.3. The minimum absolute atomic E-state index is 0.0399. The second kappa shape index (κ2) is 5.41. The summed E-state index contributed by atoms with van der Waals surface area (Å²) in [7, 11) is 0. The summed E-state index contributed by atoms with van der Waals surface area (Å²) in [5, 5.41) is 1.87. The van der Waals surface area contributed by atoms with Crippen LogP contribution in [0, 0.1) is 11.8 Å². The van der Waals surface area contributed by atoms with E-state index in [2.05, 4.69) is 0 Å². The van der Waals surface area contributed by atoms with Gasteiger partial charge in [0.25, 0.3) is 0 Å². The van der Waals surface area contributed by atoms with E-state index in [1.807, 2.05) is 30.3 Å². The smallest absolute Gasteiger partial charge is 0.303 e. The first-order valence-corrected chi connectivity index (χ1v) is 8.01. The molecule has 0 N–H and O–H groups in total. The van der Waals surface area contributed by atoms with E-state index in [0.29, 0.717) is 17.5 Å². The topological polar surface area (TPSA) is 60.4 Å². The average Bonchev–Trinajstić information content (AvgIpc) is 2.58. The van der Waals surface area contributed by atoms with Crippen LogP contribution in [0.25, 0.3) is 10.8 Å². The number of Topliss-reactive ketones (excluding diaryl/α,β-unsaturated/α-hetero) is 2. The van der Waals surface area contributed by atoms with Crippen molar-refractivity contribution in [1.82, 2.24) is 0 Å². The molecule has 4 heteroatoms. The van der Waals surface area contributed by atoms with Crippen LogP contribution in [0.4, 0.5) is 0 Å². The van der Waals surface area contributed by atoms with E-state index in [1.165, 1.54) is 6.92 Å². The summed E-state index contributed by atoms with van der Waals surface area (Å²) in [6, 6.07) is 11.3. The summed E-state index contributed by atoms with van der Waals surface area (Å²) >= 11 is 0. The Hall–Kier alpha value is -2.75. The lowest BCUT2D eigenvalue weighted by Gasteiger charge is -2.36. The van der Waals surface area contributed by atoms with Gasteiger partial charge >= 0.3 is 5.97 Å². The first kappa shape index (κ1) is 14.8. The molecule has 24 heavy (non-hydrogen) atoms. The van der Waals surface area contributed by atoms with Crippen LogP contribution in [0.15, 0.2) is 48.6 Å². The SMILES string of the molecule is CC(=O)OC1C=CCC2C(=O)c3cc4ccccc4cc3C(=O)C12. The average molecular weight is 320 g/mol. The molecule has 0 aromatic heterocycles. The number of ketones is 2. The van der Waals surface area contributed by atoms with Crippen molar-refractivity contribution in [2.75, 3.05) is 0 Å². The lowest BCUT2D eigenvalue weighted by Crippen LogP contribution is -2.45. The van der Waals surface area contributed by atoms with Gasteiger partial charge in [0.05, 0.1) is 5.92 Å². The highest BCUT2D eigenvalue weighted by Gasteiger charge is 2.46. The summed E-state index contributed by atoms with van der Waals surface area (Å²) in [5.74, 6) is -1.69. The number of hydrogen-bond acceptors (Lipinski definition) is 4. The molecule has 0 spiro atoms. The fraction of sp³-hybridized carbons (Fsp3) is 0.250. The molecule has 2 aliphatic rings. The van der Waals surface area contributed by atoms with Gasteiger partial charge in [-0.15, -0.1) is 0 Å². The molecule has 3 unspecified atom stereocenters. The third-order valence-electron chi connectivity index (χ3n) is 4.86. The van der Waals surface area contributed by atoms with Gasteiger partial charge in [-0.25, -0.2) is 0 Å². The van der Waals surface area contributed by atoms with Crippen LogP contribution in [-0.2, 0) is 9.53 Å². The van der Waals surface area contributed by atoms with Crippen LogP contribution >= 0.6 is 0 Å².